The molecule has 0 radical (unpaired) electrons. The third kappa shape index (κ3) is 0.873. The van der Waals surface area contributed by atoms with E-state index in [0.29, 0.717) is 6.04 Å². The van der Waals surface area contributed by atoms with Crippen molar-refractivity contribution in [2.45, 2.75) is 32.7 Å². The summed E-state index contributed by atoms with van der Waals surface area (Å²) in [6.45, 7) is 4.51. The zero-order valence-corrected chi connectivity index (χ0v) is 5.72. The van der Waals surface area contributed by atoms with Crippen molar-refractivity contribution in [2.75, 3.05) is 0 Å². The highest BCUT2D eigenvalue weighted by Crippen LogP contribution is 2.31. The van der Waals surface area contributed by atoms with E-state index >= 15 is 0 Å². The minimum atomic E-state index is 0.523. The smallest absolute Gasteiger partial charge is 0.00697 e. The molecule has 0 aromatic heterocycles. The van der Waals surface area contributed by atoms with Gasteiger partial charge in [-0.1, -0.05) is 13.8 Å². The predicted octanol–water partition coefficient (Wildman–Crippen LogP) is 1.38. The van der Waals surface area contributed by atoms with Crippen LogP contribution >= 0.6 is 0 Å². The van der Waals surface area contributed by atoms with E-state index in [2.05, 4.69) is 13.8 Å². The summed E-state index contributed by atoms with van der Waals surface area (Å²) in [7, 11) is 0. The first kappa shape index (κ1) is 6.09. The molecule has 1 rings (SSSR count). The maximum Gasteiger partial charge on any atom is 0.00697 e. The van der Waals surface area contributed by atoms with Crippen molar-refractivity contribution in [1.29, 1.82) is 0 Å². The van der Waals surface area contributed by atoms with Crippen LogP contribution in [0, 0.1) is 11.8 Å². The first-order chi connectivity index (χ1) is 3.72. The van der Waals surface area contributed by atoms with Gasteiger partial charge in [0.2, 0.25) is 0 Å². The lowest BCUT2D eigenvalue weighted by Crippen LogP contribution is -2.42. The summed E-state index contributed by atoms with van der Waals surface area (Å²) in [6, 6.07) is 0.523. The van der Waals surface area contributed by atoms with E-state index in [4.69, 9.17) is 5.73 Å². The van der Waals surface area contributed by atoms with Gasteiger partial charge in [-0.15, -0.1) is 0 Å². The molecule has 0 spiro atoms. The summed E-state index contributed by atoms with van der Waals surface area (Å²) in [5, 5.41) is 0. The Morgan fingerprint density at radius 1 is 1.38 bits per heavy atom. The highest BCUT2D eigenvalue weighted by molar-refractivity contribution is 4.85. The summed E-state index contributed by atoms with van der Waals surface area (Å²) >= 11 is 0. The molecule has 1 fully saturated rings. The molecule has 0 bridgehead atoms. The van der Waals surface area contributed by atoms with Crippen molar-refractivity contribution in [3.8, 4) is 0 Å². The van der Waals surface area contributed by atoms with Crippen LogP contribution in [-0.4, -0.2) is 6.04 Å². The van der Waals surface area contributed by atoms with Gasteiger partial charge in [-0.2, -0.15) is 0 Å². The molecule has 0 aromatic carbocycles. The normalized spacial score (nSPS) is 37.5. The van der Waals surface area contributed by atoms with Crippen LogP contribution in [0.3, 0.4) is 0 Å². The second-order valence-electron chi connectivity index (χ2n) is 3.15. The zero-order chi connectivity index (χ0) is 6.15. The molecule has 2 N–H and O–H groups in total. The monoisotopic (exact) mass is 113 g/mol. The topological polar surface area (TPSA) is 26.0 Å². The predicted molar refractivity (Wildman–Crippen MR) is 35.5 cm³/mol. The Bertz CT molecular complexity index is 73.7. The molecule has 48 valence electrons. The SMILES string of the molecule is CC(C)[C@@H]1CC[C@@H]1N. The fourth-order valence-corrected chi connectivity index (χ4v) is 1.38. The van der Waals surface area contributed by atoms with Gasteiger partial charge in [0.1, 0.15) is 0 Å². The van der Waals surface area contributed by atoms with E-state index in [1.165, 1.54) is 12.8 Å². The van der Waals surface area contributed by atoms with E-state index in [0.717, 1.165) is 11.8 Å². The molecule has 1 nitrogen and oxygen atoms in total. The third-order valence-corrected chi connectivity index (χ3v) is 2.24. The summed E-state index contributed by atoms with van der Waals surface area (Å²) < 4.78 is 0. The molecule has 0 heterocycles. The van der Waals surface area contributed by atoms with Crippen LogP contribution in [-0.2, 0) is 0 Å². The number of hydrogen-bond acceptors (Lipinski definition) is 1. The van der Waals surface area contributed by atoms with Crippen LogP contribution in [0.15, 0.2) is 0 Å². The van der Waals surface area contributed by atoms with E-state index in [-0.39, 0.29) is 0 Å². The zero-order valence-electron chi connectivity index (χ0n) is 5.72. The van der Waals surface area contributed by atoms with Crippen molar-refractivity contribution in [2.24, 2.45) is 17.6 Å². The van der Waals surface area contributed by atoms with Crippen molar-refractivity contribution in [1.82, 2.24) is 0 Å². The lowest BCUT2D eigenvalue weighted by atomic mass is 9.73. The van der Waals surface area contributed by atoms with Crippen molar-refractivity contribution < 1.29 is 0 Å². The molecular weight excluding hydrogens is 98.1 g/mol. The molecule has 1 saturated carbocycles. The molecule has 2 atom stereocenters. The van der Waals surface area contributed by atoms with Gasteiger partial charge < -0.3 is 5.73 Å². The van der Waals surface area contributed by atoms with Crippen molar-refractivity contribution in [3.05, 3.63) is 0 Å². The Morgan fingerprint density at radius 2 is 2.00 bits per heavy atom. The van der Waals surface area contributed by atoms with Gasteiger partial charge in [-0.05, 0) is 24.7 Å². The van der Waals surface area contributed by atoms with E-state index in [9.17, 15) is 0 Å². The Morgan fingerprint density at radius 3 is 2.00 bits per heavy atom. The second kappa shape index (κ2) is 2.06. The van der Waals surface area contributed by atoms with Crippen LogP contribution in [0.5, 0.6) is 0 Å². The molecule has 1 aliphatic rings. The van der Waals surface area contributed by atoms with Gasteiger partial charge in [0.05, 0.1) is 0 Å². The van der Waals surface area contributed by atoms with Gasteiger partial charge in [0, 0.05) is 6.04 Å². The van der Waals surface area contributed by atoms with Gasteiger partial charge >= 0.3 is 0 Å². The van der Waals surface area contributed by atoms with Crippen LogP contribution in [0.4, 0.5) is 0 Å². The molecule has 1 aliphatic carbocycles. The summed E-state index contributed by atoms with van der Waals surface area (Å²) in [4.78, 5) is 0. The Kier molecular flexibility index (Phi) is 1.57. The quantitative estimate of drug-likeness (QED) is 0.546. The molecule has 0 unspecified atom stereocenters. The lowest BCUT2D eigenvalue weighted by Gasteiger charge is -2.36. The minimum Gasteiger partial charge on any atom is -0.327 e. The first-order valence-electron chi connectivity index (χ1n) is 3.47. The molecule has 0 aliphatic heterocycles. The van der Waals surface area contributed by atoms with Gasteiger partial charge in [0.15, 0.2) is 0 Å². The minimum absolute atomic E-state index is 0.523. The molecule has 8 heavy (non-hydrogen) atoms. The Labute approximate surface area is 51.3 Å². The Hall–Kier alpha value is -0.0400. The van der Waals surface area contributed by atoms with Crippen molar-refractivity contribution >= 4 is 0 Å². The standard InChI is InChI=1S/C7H15N/c1-5(2)6-3-4-7(6)8/h5-7H,3-4,8H2,1-2H3/t6-,7-/m0/s1. The Balaban J connectivity index is 2.26. The first-order valence-corrected chi connectivity index (χ1v) is 3.47. The molecule has 1 heteroatoms. The molecule has 0 aromatic rings. The maximum atomic E-state index is 5.72. The second-order valence-corrected chi connectivity index (χ2v) is 3.15. The van der Waals surface area contributed by atoms with Crippen LogP contribution < -0.4 is 5.73 Å². The third-order valence-electron chi connectivity index (χ3n) is 2.24. The van der Waals surface area contributed by atoms with E-state index in [1.807, 2.05) is 0 Å². The number of rotatable bonds is 1. The maximum absolute atomic E-state index is 5.72. The summed E-state index contributed by atoms with van der Waals surface area (Å²) in [5.74, 6) is 1.63. The highest BCUT2D eigenvalue weighted by atomic mass is 14.7. The molecular formula is C7H15N. The molecule has 0 amide bonds. The van der Waals surface area contributed by atoms with E-state index < -0.39 is 0 Å². The average Bonchev–Trinajstić information content (AvgIpc) is 1.61. The van der Waals surface area contributed by atoms with Gasteiger partial charge in [-0.25, -0.2) is 0 Å². The summed E-state index contributed by atoms with van der Waals surface area (Å²) in [6.07, 6.45) is 2.61. The number of hydrogen-bond donors (Lipinski definition) is 1. The van der Waals surface area contributed by atoms with Crippen LogP contribution in [0.2, 0.25) is 0 Å². The summed E-state index contributed by atoms with van der Waals surface area (Å²) in [5.41, 5.74) is 5.72. The highest BCUT2D eigenvalue weighted by Gasteiger charge is 2.29. The van der Waals surface area contributed by atoms with Gasteiger partial charge in [0.25, 0.3) is 0 Å². The van der Waals surface area contributed by atoms with E-state index in [1.54, 1.807) is 0 Å². The lowest BCUT2D eigenvalue weighted by molar-refractivity contribution is 0.190. The fraction of sp³-hybridized carbons (Fsp3) is 1.00. The van der Waals surface area contributed by atoms with Crippen LogP contribution in [0.25, 0.3) is 0 Å². The largest absolute Gasteiger partial charge is 0.327 e. The number of nitrogens with two attached hydrogens (primary N) is 1. The fourth-order valence-electron chi connectivity index (χ4n) is 1.38. The van der Waals surface area contributed by atoms with Crippen molar-refractivity contribution in [3.63, 3.8) is 0 Å². The molecule has 0 saturated heterocycles. The average molecular weight is 113 g/mol. The van der Waals surface area contributed by atoms with Gasteiger partial charge in [-0.3, -0.25) is 0 Å². The van der Waals surface area contributed by atoms with Crippen LogP contribution in [0.1, 0.15) is 26.7 Å².